The van der Waals surface area contributed by atoms with Crippen LogP contribution in [0.2, 0.25) is 0 Å². The van der Waals surface area contributed by atoms with Gasteiger partial charge in [-0.15, -0.1) is 0 Å². The first kappa shape index (κ1) is 10.2. The molecule has 0 bridgehead atoms. The standard InChI is InChI=1S/C11H10BrNO2/c1-6-10(12)8-5-7(11(14)15)3-4-9(8)13(6)2/h3-5H,1-2H3,(H,14,15). The van der Waals surface area contributed by atoms with Crippen molar-refractivity contribution in [1.29, 1.82) is 0 Å². The molecule has 4 heteroatoms. The molecule has 0 aliphatic rings. The minimum Gasteiger partial charge on any atom is -0.478 e. The van der Waals surface area contributed by atoms with Gasteiger partial charge in [-0.25, -0.2) is 4.79 Å². The maximum atomic E-state index is 10.8. The first-order valence-corrected chi connectivity index (χ1v) is 5.29. The largest absolute Gasteiger partial charge is 0.478 e. The van der Waals surface area contributed by atoms with Gasteiger partial charge in [0.1, 0.15) is 0 Å². The van der Waals surface area contributed by atoms with Crippen LogP contribution in [0.4, 0.5) is 0 Å². The highest BCUT2D eigenvalue weighted by atomic mass is 79.9. The van der Waals surface area contributed by atoms with Crippen LogP contribution in [0.25, 0.3) is 10.9 Å². The van der Waals surface area contributed by atoms with Gasteiger partial charge in [0.15, 0.2) is 0 Å². The second-order valence-electron chi connectivity index (χ2n) is 3.50. The number of aromatic carboxylic acids is 1. The second kappa shape index (κ2) is 3.38. The number of carbonyl (C=O) groups is 1. The van der Waals surface area contributed by atoms with Crippen LogP contribution in [0.5, 0.6) is 0 Å². The predicted molar refractivity (Wildman–Crippen MR) is 62.3 cm³/mol. The van der Waals surface area contributed by atoms with E-state index < -0.39 is 5.97 Å². The molecule has 0 amide bonds. The Hall–Kier alpha value is -1.29. The normalized spacial score (nSPS) is 10.9. The lowest BCUT2D eigenvalue weighted by Gasteiger charge is -1.98. The molecule has 0 spiro atoms. The lowest BCUT2D eigenvalue weighted by Crippen LogP contribution is -1.95. The summed E-state index contributed by atoms with van der Waals surface area (Å²) in [6.07, 6.45) is 0. The summed E-state index contributed by atoms with van der Waals surface area (Å²) in [5.41, 5.74) is 2.44. The van der Waals surface area contributed by atoms with E-state index in [2.05, 4.69) is 15.9 Å². The Bertz CT molecular complexity index is 557. The molecule has 0 aliphatic heterocycles. The first-order chi connectivity index (χ1) is 7.02. The van der Waals surface area contributed by atoms with Crippen LogP contribution < -0.4 is 0 Å². The molecule has 1 aromatic heterocycles. The maximum absolute atomic E-state index is 10.8. The Morgan fingerprint density at radius 1 is 1.47 bits per heavy atom. The number of hydrogen-bond acceptors (Lipinski definition) is 1. The fourth-order valence-corrected chi connectivity index (χ4v) is 2.24. The third-order valence-electron chi connectivity index (χ3n) is 2.66. The molecule has 2 rings (SSSR count). The minimum atomic E-state index is -0.898. The Morgan fingerprint density at radius 3 is 2.73 bits per heavy atom. The van der Waals surface area contributed by atoms with Crippen molar-refractivity contribution in [2.75, 3.05) is 0 Å². The van der Waals surface area contributed by atoms with Crippen molar-refractivity contribution < 1.29 is 9.90 Å². The molecule has 1 heterocycles. The average Bonchev–Trinajstić information content (AvgIpc) is 2.44. The molecule has 0 saturated heterocycles. The van der Waals surface area contributed by atoms with Crippen LogP contribution in [0.1, 0.15) is 16.1 Å². The number of carboxylic acid groups (broad SMARTS) is 1. The summed E-state index contributed by atoms with van der Waals surface area (Å²) in [6, 6.07) is 5.14. The van der Waals surface area contributed by atoms with E-state index >= 15 is 0 Å². The van der Waals surface area contributed by atoms with Crippen LogP contribution >= 0.6 is 15.9 Å². The number of fused-ring (bicyclic) bond motifs is 1. The third-order valence-corrected chi connectivity index (χ3v) is 3.66. The highest BCUT2D eigenvalue weighted by molar-refractivity contribution is 9.10. The molecule has 1 aromatic carbocycles. The van der Waals surface area contributed by atoms with Crippen molar-refractivity contribution in [2.45, 2.75) is 6.92 Å². The van der Waals surface area contributed by atoms with Gasteiger partial charge in [-0.3, -0.25) is 0 Å². The van der Waals surface area contributed by atoms with Gasteiger partial charge in [0.25, 0.3) is 0 Å². The molecule has 0 atom stereocenters. The zero-order valence-electron chi connectivity index (χ0n) is 8.41. The molecule has 0 saturated carbocycles. The fourth-order valence-electron chi connectivity index (χ4n) is 1.66. The third kappa shape index (κ3) is 1.45. The van der Waals surface area contributed by atoms with Crippen molar-refractivity contribution in [2.24, 2.45) is 7.05 Å². The average molecular weight is 268 g/mol. The van der Waals surface area contributed by atoms with Crippen LogP contribution in [0.3, 0.4) is 0 Å². The van der Waals surface area contributed by atoms with E-state index in [9.17, 15) is 4.79 Å². The highest BCUT2D eigenvalue weighted by Gasteiger charge is 2.11. The zero-order valence-corrected chi connectivity index (χ0v) is 10.00. The highest BCUT2D eigenvalue weighted by Crippen LogP contribution is 2.30. The summed E-state index contributed by atoms with van der Waals surface area (Å²) in [4.78, 5) is 10.8. The number of halogens is 1. The monoisotopic (exact) mass is 267 g/mol. The van der Waals surface area contributed by atoms with Gasteiger partial charge in [0.2, 0.25) is 0 Å². The van der Waals surface area contributed by atoms with Crippen molar-refractivity contribution >= 4 is 32.8 Å². The number of hydrogen-bond donors (Lipinski definition) is 1. The second-order valence-corrected chi connectivity index (χ2v) is 4.29. The minimum absolute atomic E-state index is 0.314. The lowest BCUT2D eigenvalue weighted by atomic mass is 10.1. The number of carboxylic acids is 1. The molecule has 2 aromatic rings. The molecule has 15 heavy (non-hydrogen) atoms. The van der Waals surface area contributed by atoms with Crippen molar-refractivity contribution in [3.05, 3.63) is 33.9 Å². The van der Waals surface area contributed by atoms with E-state index in [1.807, 2.05) is 24.6 Å². The molecule has 1 N–H and O–H groups in total. The topological polar surface area (TPSA) is 42.2 Å². The Kier molecular flexibility index (Phi) is 2.31. The van der Waals surface area contributed by atoms with Gasteiger partial charge in [-0.2, -0.15) is 0 Å². The summed E-state index contributed by atoms with van der Waals surface area (Å²) < 4.78 is 2.99. The molecule has 78 valence electrons. The summed E-state index contributed by atoms with van der Waals surface area (Å²) in [6.45, 7) is 1.99. The molecular formula is C11H10BrNO2. The molecule has 0 radical (unpaired) electrons. The van der Waals surface area contributed by atoms with Gasteiger partial charge in [0.05, 0.1) is 5.56 Å². The number of aromatic nitrogens is 1. The summed E-state index contributed by atoms with van der Waals surface area (Å²) in [5, 5.41) is 9.83. The molecule has 3 nitrogen and oxygen atoms in total. The molecule has 0 fully saturated rings. The van der Waals surface area contributed by atoms with Crippen LogP contribution in [0.15, 0.2) is 22.7 Å². The Balaban J connectivity index is 2.82. The summed E-state index contributed by atoms with van der Waals surface area (Å²) in [7, 11) is 1.96. The Labute approximate surface area is 95.5 Å². The predicted octanol–water partition coefficient (Wildman–Crippen LogP) is 2.95. The molecule has 0 aliphatic carbocycles. The zero-order chi connectivity index (χ0) is 11.2. The number of nitrogens with zero attached hydrogens (tertiary/aromatic N) is 1. The van der Waals surface area contributed by atoms with Gasteiger partial charge in [0, 0.05) is 28.1 Å². The van der Waals surface area contributed by atoms with Gasteiger partial charge in [-0.1, -0.05) is 0 Å². The number of aryl methyl sites for hydroxylation is 1. The van der Waals surface area contributed by atoms with Crippen molar-refractivity contribution in [3.63, 3.8) is 0 Å². The SMILES string of the molecule is Cc1c(Br)c2cc(C(=O)O)ccc2n1C. The first-order valence-electron chi connectivity index (χ1n) is 4.50. The molecular weight excluding hydrogens is 258 g/mol. The van der Waals surface area contributed by atoms with Crippen molar-refractivity contribution in [1.82, 2.24) is 4.57 Å². The summed E-state index contributed by atoms with van der Waals surface area (Å²) in [5.74, 6) is -0.898. The van der Waals surface area contributed by atoms with E-state index in [0.717, 1.165) is 21.1 Å². The van der Waals surface area contributed by atoms with Crippen LogP contribution in [-0.4, -0.2) is 15.6 Å². The van der Waals surface area contributed by atoms with Gasteiger partial charge in [-0.05, 0) is 41.1 Å². The number of benzene rings is 1. The van der Waals surface area contributed by atoms with E-state index in [0.29, 0.717) is 5.56 Å². The fraction of sp³-hybridized carbons (Fsp3) is 0.182. The summed E-state index contributed by atoms with van der Waals surface area (Å²) >= 11 is 3.47. The van der Waals surface area contributed by atoms with Gasteiger partial charge >= 0.3 is 5.97 Å². The number of rotatable bonds is 1. The Morgan fingerprint density at radius 2 is 2.13 bits per heavy atom. The van der Waals surface area contributed by atoms with E-state index in [-0.39, 0.29) is 0 Å². The molecule has 0 unspecified atom stereocenters. The smallest absolute Gasteiger partial charge is 0.335 e. The van der Waals surface area contributed by atoms with E-state index in [1.54, 1.807) is 12.1 Å². The van der Waals surface area contributed by atoms with Crippen LogP contribution in [-0.2, 0) is 7.05 Å². The quantitative estimate of drug-likeness (QED) is 0.863. The van der Waals surface area contributed by atoms with E-state index in [4.69, 9.17) is 5.11 Å². The van der Waals surface area contributed by atoms with Crippen molar-refractivity contribution in [3.8, 4) is 0 Å². The van der Waals surface area contributed by atoms with Crippen LogP contribution in [0, 0.1) is 6.92 Å². The maximum Gasteiger partial charge on any atom is 0.335 e. The van der Waals surface area contributed by atoms with E-state index in [1.165, 1.54) is 0 Å². The van der Waals surface area contributed by atoms with Gasteiger partial charge < -0.3 is 9.67 Å². The lowest BCUT2D eigenvalue weighted by molar-refractivity contribution is 0.0697.